The zero-order valence-corrected chi connectivity index (χ0v) is 18.7. The first-order valence-corrected chi connectivity index (χ1v) is 9.45. The molecule has 0 amide bonds. The number of non-ortho nitro benzene ring substituents is 1. The largest absolute Gasteiger partial charge is 0.396 e. The van der Waals surface area contributed by atoms with Crippen LogP contribution in [0.2, 0.25) is 0 Å². The molecule has 1 unspecified atom stereocenters. The zero-order chi connectivity index (χ0) is 19.5. The van der Waals surface area contributed by atoms with Gasteiger partial charge < -0.3 is 20.5 Å². The molecule has 1 saturated heterocycles. The van der Waals surface area contributed by atoms with Gasteiger partial charge in [-0.1, -0.05) is 12.1 Å². The number of aliphatic hydroxyl groups excluding tert-OH is 1. The third kappa shape index (κ3) is 7.88. The van der Waals surface area contributed by atoms with E-state index in [4.69, 9.17) is 4.74 Å². The summed E-state index contributed by atoms with van der Waals surface area (Å²) in [5.41, 5.74) is 1.22. The number of hydrogen-bond donors (Lipinski definition) is 3. The number of benzene rings is 1. The average molecular weight is 506 g/mol. The molecule has 0 saturated carbocycles. The molecule has 28 heavy (non-hydrogen) atoms. The fourth-order valence-electron chi connectivity index (χ4n) is 3.25. The lowest BCUT2D eigenvalue weighted by atomic mass is 9.84. The van der Waals surface area contributed by atoms with Gasteiger partial charge in [0, 0.05) is 50.9 Å². The fourth-order valence-corrected chi connectivity index (χ4v) is 3.25. The van der Waals surface area contributed by atoms with Crippen molar-refractivity contribution in [2.45, 2.75) is 32.1 Å². The Bertz CT molecular complexity index is 619. The molecular formula is C19H31IN4O4. The van der Waals surface area contributed by atoms with Crippen molar-refractivity contribution in [1.29, 1.82) is 0 Å². The molecule has 0 radical (unpaired) electrons. The van der Waals surface area contributed by atoms with Crippen LogP contribution < -0.4 is 10.6 Å². The van der Waals surface area contributed by atoms with E-state index in [2.05, 4.69) is 15.6 Å². The summed E-state index contributed by atoms with van der Waals surface area (Å²) < 4.78 is 5.51. The summed E-state index contributed by atoms with van der Waals surface area (Å²) in [6.45, 7) is 3.12. The lowest BCUT2D eigenvalue weighted by Crippen LogP contribution is -2.44. The van der Waals surface area contributed by atoms with E-state index >= 15 is 0 Å². The van der Waals surface area contributed by atoms with Gasteiger partial charge in [-0.25, -0.2) is 0 Å². The molecule has 158 valence electrons. The molecule has 1 atom stereocenters. The number of nitro benzene ring substituents is 1. The quantitative estimate of drug-likeness (QED) is 0.112. The van der Waals surface area contributed by atoms with Crippen molar-refractivity contribution in [2.24, 2.45) is 10.4 Å². The minimum Gasteiger partial charge on any atom is -0.396 e. The van der Waals surface area contributed by atoms with Crippen molar-refractivity contribution in [1.82, 2.24) is 10.6 Å². The van der Waals surface area contributed by atoms with E-state index in [1.165, 1.54) is 0 Å². The highest BCUT2D eigenvalue weighted by atomic mass is 127. The summed E-state index contributed by atoms with van der Waals surface area (Å²) in [6, 6.07) is 6.73. The lowest BCUT2D eigenvalue weighted by Gasteiger charge is -2.27. The van der Waals surface area contributed by atoms with Crippen molar-refractivity contribution in [3.05, 3.63) is 39.9 Å². The van der Waals surface area contributed by atoms with Crippen molar-refractivity contribution in [3.63, 3.8) is 0 Å². The minimum atomic E-state index is -0.380. The molecule has 2 rings (SSSR count). The number of aryl methyl sites for hydroxylation is 1. The molecule has 1 aliphatic rings. The Morgan fingerprint density at radius 2 is 2.07 bits per heavy atom. The smallest absolute Gasteiger partial charge is 0.269 e. The first-order valence-electron chi connectivity index (χ1n) is 9.45. The number of guanidine groups is 1. The molecule has 0 aromatic heterocycles. The Balaban J connectivity index is 0.00000392. The lowest BCUT2D eigenvalue weighted by molar-refractivity contribution is -0.384. The van der Waals surface area contributed by atoms with Crippen LogP contribution in [-0.4, -0.2) is 55.9 Å². The third-order valence-electron chi connectivity index (χ3n) is 5.01. The number of hydrogen-bond acceptors (Lipinski definition) is 5. The van der Waals surface area contributed by atoms with E-state index in [1.807, 2.05) is 12.1 Å². The highest BCUT2D eigenvalue weighted by molar-refractivity contribution is 14.0. The van der Waals surface area contributed by atoms with Crippen molar-refractivity contribution in [2.75, 3.05) is 40.0 Å². The molecule has 1 aliphatic heterocycles. The number of halogens is 1. The Hall–Kier alpha value is -1.46. The molecular weight excluding hydrogens is 475 g/mol. The second-order valence-corrected chi connectivity index (χ2v) is 7.01. The number of nitrogens with zero attached hydrogens (tertiary/aromatic N) is 2. The molecule has 1 fully saturated rings. The monoisotopic (exact) mass is 506 g/mol. The number of nitro groups is 1. The molecule has 1 heterocycles. The van der Waals surface area contributed by atoms with Crippen LogP contribution in [0.15, 0.2) is 29.3 Å². The highest BCUT2D eigenvalue weighted by Crippen LogP contribution is 2.31. The topological polar surface area (TPSA) is 109 Å². The number of unbranched alkanes of at least 4 members (excludes halogenated alkanes) is 1. The molecule has 0 aliphatic carbocycles. The zero-order valence-electron chi connectivity index (χ0n) is 16.4. The second kappa shape index (κ2) is 12.9. The number of ether oxygens (including phenoxy) is 1. The molecule has 3 N–H and O–H groups in total. The van der Waals surface area contributed by atoms with Crippen molar-refractivity contribution in [3.8, 4) is 0 Å². The Labute approximate surface area is 183 Å². The maximum Gasteiger partial charge on any atom is 0.269 e. The normalized spacial score (nSPS) is 19.1. The van der Waals surface area contributed by atoms with Gasteiger partial charge in [-0.05, 0) is 37.7 Å². The molecule has 1 aromatic carbocycles. The SMILES string of the molecule is CN=C(NCCCCc1ccc([N+](=O)[O-])cc1)NCC1(CCO)CCOC1.I. The van der Waals surface area contributed by atoms with Gasteiger partial charge in [-0.2, -0.15) is 0 Å². The van der Waals surface area contributed by atoms with Crippen LogP contribution in [0, 0.1) is 15.5 Å². The van der Waals surface area contributed by atoms with Crippen LogP contribution in [0.1, 0.15) is 31.2 Å². The summed E-state index contributed by atoms with van der Waals surface area (Å²) >= 11 is 0. The number of aliphatic imine (C=N–C) groups is 1. The van der Waals surface area contributed by atoms with Gasteiger partial charge in [0.15, 0.2) is 5.96 Å². The van der Waals surface area contributed by atoms with Crippen LogP contribution in [-0.2, 0) is 11.2 Å². The Kier molecular flexibility index (Phi) is 11.3. The fraction of sp³-hybridized carbons (Fsp3) is 0.632. The minimum absolute atomic E-state index is 0. The molecule has 9 heteroatoms. The molecule has 0 spiro atoms. The van der Waals surface area contributed by atoms with E-state index in [9.17, 15) is 15.2 Å². The summed E-state index contributed by atoms with van der Waals surface area (Å²) in [5.74, 6) is 0.759. The van der Waals surface area contributed by atoms with Crippen molar-refractivity contribution < 1.29 is 14.8 Å². The first-order chi connectivity index (χ1) is 13.1. The predicted molar refractivity (Wildman–Crippen MR) is 120 cm³/mol. The van der Waals surface area contributed by atoms with Crippen molar-refractivity contribution >= 4 is 35.6 Å². The summed E-state index contributed by atoms with van der Waals surface area (Å²) in [5, 5.41) is 26.6. The Morgan fingerprint density at radius 3 is 2.64 bits per heavy atom. The number of nitrogens with one attached hydrogen (secondary N) is 2. The number of aliphatic hydroxyl groups is 1. The van der Waals surface area contributed by atoms with E-state index < -0.39 is 0 Å². The average Bonchev–Trinajstić information content (AvgIpc) is 3.13. The summed E-state index contributed by atoms with van der Waals surface area (Å²) in [4.78, 5) is 14.5. The van der Waals surface area contributed by atoms with E-state index in [0.717, 1.165) is 63.3 Å². The standard InChI is InChI=1S/C19H30N4O4.HI/c1-20-18(22-14-19(9-12-24)10-13-27-15-19)21-11-3-2-4-16-5-7-17(8-6-16)23(25)26;/h5-8,24H,2-4,9-15H2,1H3,(H2,20,21,22);1H. The molecule has 0 bridgehead atoms. The maximum atomic E-state index is 10.7. The summed E-state index contributed by atoms with van der Waals surface area (Å²) in [7, 11) is 1.75. The molecule has 1 aromatic rings. The van der Waals surface area contributed by atoms with Gasteiger partial charge in [-0.15, -0.1) is 24.0 Å². The van der Waals surface area contributed by atoms with Gasteiger partial charge in [0.1, 0.15) is 0 Å². The van der Waals surface area contributed by atoms with Gasteiger partial charge in [0.25, 0.3) is 5.69 Å². The van der Waals surface area contributed by atoms with Gasteiger partial charge in [0.2, 0.25) is 0 Å². The highest BCUT2D eigenvalue weighted by Gasteiger charge is 2.34. The maximum absolute atomic E-state index is 10.7. The number of rotatable bonds is 10. The van der Waals surface area contributed by atoms with Crippen LogP contribution in [0.4, 0.5) is 5.69 Å². The predicted octanol–water partition coefficient (Wildman–Crippen LogP) is 2.49. The van der Waals surface area contributed by atoms with E-state index in [0.29, 0.717) is 6.61 Å². The van der Waals surface area contributed by atoms with Crippen LogP contribution in [0.3, 0.4) is 0 Å². The van der Waals surface area contributed by atoms with Gasteiger partial charge in [-0.3, -0.25) is 15.1 Å². The van der Waals surface area contributed by atoms with Gasteiger partial charge >= 0.3 is 0 Å². The Morgan fingerprint density at radius 1 is 1.32 bits per heavy atom. The van der Waals surface area contributed by atoms with Crippen LogP contribution >= 0.6 is 24.0 Å². The van der Waals surface area contributed by atoms with Crippen LogP contribution in [0.25, 0.3) is 0 Å². The first kappa shape index (κ1) is 24.6. The summed E-state index contributed by atoms with van der Waals surface area (Å²) in [6.07, 6.45) is 4.54. The van der Waals surface area contributed by atoms with Crippen LogP contribution in [0.5, 0.6) is 0 Å². The van der Waals surface area contributed by atoms with E-state index in [-0.39, 0.29) is 46.6 Å². The molecule has 8 nitrogen and oxygen atoms in total. The van der Waals surface area contributed by atoms with E-state index in [1.54, 1.807) is 19.2 Å². The second-order valence-electron chi connectivity index (χ2n) is 7.01. The third-order valence-corrected chi connectivity index (χ3v) is 5.01. The van der Waals surface area contributed by atoms with Gasteiger partial charge in [0.05, 0.1) is 11.5 Å².